The summed E-state index contributed by atoms with van der Waals surface area (Å²) in [6, 6.07) is 78.4. The minimum Gasteiger partial charge on any atom is -0.308 e. The van der Waals surface area contributed by atoms with Crippen LogP contribution in [0.4, 0.5) is 0 Å². The van der Waals surface area contributed by atoms with Gasteiger partial charge >= 0.3 is 0 Å². The summed E-state index contributed by atoms with van der Waals surface area (Å²) < 4.78 is 6.75. The molecular weight excluding hydrogens is 845 g/mol. The monoisotopic (exact) mass is 882 g/mol. The molecule has 8 heteroatoms. The van der Waals surface area contributed by atoms with E-state index in [2.05, 4.69) is 165 Å². The van der Waals surface area contributed by atoms with Crippen LogP contribution in [0.1, 0.15) is 0 Å². The number of nitrogens with zero attached hydrogens (tertiary/aromatic N) is 8. The van der Waals surface area contributed by atoms with Crippen molar-refractivity contribution in [3.63, 3.8) is 0 Å². The zero-order chi connectivity index (χ0) is 45.4. The number of hydrogen-bond acceptors (Lipinski definition) is 5. The summed E-state index contributed by atoms with van der Waals surface area (Å²) in [5, 5.41) is 5.66. The van der Waals surface area contributed by atoms with Gasteiger partial charge in [-0.25, -0.2) is 9.97 Å². The van der Waals surface area contributed by atoms with Crippen LogP contribution in [0, 0.1) is 0 Å². The van der Waals surface area contributed by atoms with Crippen molar-refractivity contribution in [3.05, 3.63) is 231 Å². The molecular formula is C61H38N8. The van der Waals surface area contributed by atoms with Crippen molar-refractivity contribution >= 4 is 65.5 Å². The number of benzene rings is 8. The second kappa shape index (κ2) is 15.5. The molecule has 0 aliphatic heterocycles. The highest BCUT2D eigenvalue weighted by Gasteiger charge is 2.21. The normalized spacial score (nSPS) is 11.8. The Morgan fingerprint density at radius 2 is 0.797 bits per heavy atom. The van der Waals surface area contributed by atoms with Gasteiger partial charge < -0.3 is 4.57 Å². The van der Waals surface area contributed by atoms with Crippen LogP contribution in [0.3, 0.4) is 0 Å². The number of aromatic nitrogens is 8. The maximum absolute atomic E-state index is 5.37. The van der Waals surface area contributed by atoms with Gasteiger partial charge in [-0.1, -0.05) is 140 Å². The van der Waals surface area contributed by atoms with Crippen molar-refractivity contribution in [3.8, 4) is 62.6 Å². The Bertz CT molecular complexity index is 4250. The maximum Gasteiger partial charge on any atom is 0.238 e. The lowest BCUT2D eigenvalue weighted by Crippen LogP contribution is -2.06. The number of hydrogen-bond donors (Lipinski definition) is 0. The Hall–Kier alpha value is -9.53. The molecule has 0 spiro atoms. The Kier molecular flexibility index (Phi) is 8.72. The predicted molar refractivity (Wildman–Crippen MR) is 280 cm³/mol. The van der Waals surface area contributed by atoms with Gasteiger partial charge in [0.05, 0.1) is 44.3 Å². The Morgan fingerprint density at radius 3 is 1.45 bits per heavy atom. The molecule has 69 heavy (non-hydrogen) atoms. The maximum atomic E-state index is 5.37. The first-order valence-electron chi connectivity index (χ1n) is 23.1. The van der Waals surface area contributed by atoms with Crippen LogP contribution in [-0.2, 0) is 0 Å². The minimum atomic E-state index is 0.571. The van der Waals surface area contributed by atoms with Crippen LogP contribution < -0.4 is 0 Å². The van der Waals surface area contributed by atoms with Crippen LogP contribution >= 0.6 is 0 Å². The molecule has 0 bridgehead atoms. The molecule has 8 aromatic carbocycles. The van der Waals surface area contributed by atoms with Gasteiger partial charge in [0.1, 0.15) is 5.82 Å². The summed E-state index contributed by atoms with van der Waals surface area (Å²) in [5.41, 5.74) is 14.5. The van der Waals surface area contributed by atoms with Gasteiger partial charge in [-0.2, -0.15) is 9.97 Å². The van der Waals surface area contributed by atoms with Crippen molar-refractivity contribution in [2.45, 2.75) is 0 Å². The van der Waals surface area contributed by atoms with E-state index < -0.39 is 0 Å². The fourth-order valence-corrected chi connectivity index (χ4v) is 10.2. The standard InChI is InChI=1S/C61H38N8/c1-4-16-39(17-5-1)59-64-60(40-18-6-2-7-19-40)66-61(65-59)69-52-26-13-11-23-46(52)48-37-42(30-33-54(48)69)41-29-32-53-47(36-41)45-22-10-12-25-51(45)68(53)57-28-14-24-50(63-57)43-31-34-55-49(38-43)58-56(27-15-35-62-58)67(55)44-20-8-3-9-21-44/h1-38H. The van der Waals surface area contributed by atoms with Gasteiger partial charge in [-0.3, -0.25) is 14.1 Å². The molecule has 0 aliphatic rings. The lowest BCUT2D eigenvalue weighted by Gasteiger charge is -2.11. The third-order valence-corrected chi connectivity index (χ3v) is 13.4. The number of para-hydroxylation sites is 3. The first kappa shape index (κ1) is 38.7. The lowest BCUT2D eigenvalue weighted by molar-refractivity contribution is 0.953. The molecule has 8 nitrogen and oxygen atoms in total. The van der Waals surface area contributed by atoms with Gasteiger partial charge in [0.2, 0.25) is 5.95 Å². The van der Waals surface area contributed by atoms with E-state index in [9.17, 15) is 0 Å². The van der Waals surface area contributed by atoms with E-state index in [0.29, 0.717) is 17.6 Å². The molecule has 6 aromatic heterocycles. The molecule has 14 aromatic rings. The zero-order valence-electron chi connectivity index (χ0n) is 37.0. The number of pyridine rings is 2. The van der Waals surface area contributed by atoms with Crippen LogP contribution in [0.5, 0.6) is 0 Å². The average Bonchev–Trinajstić information content (AvgIpc) is 4.06. The third-order valence-electron chi connectivity index (χ3n) is 13.4. The largest absolute Gasteiger partial charge is 0.308 e. The zero-order valence-corrected chi connectivity index (χ0v) is 37.0. The van der Waals surface area contributed by atoms with E-state index in [1.54, 1.807) is 0 Å². The van der Waals surface area contributed by atoms with E-state index in [1.165, 1.54) is 5.39 Å². The Morgan fingerprint density at radius 1 is 0.290 bits per heavy atom. The van der Waals surface area contributed by atoms with E-state index in [-0.39, 0.29) is 0 Å². The molecule has 0 radical (unpaired) electrons. The lowest BCUT2D eigenvalue weighted by atomic mass is 10.0. The molecule has 0 saturated heterocycles. The summed E-state index contributed by atoms with van der Waals surface area (Å²) in [5.74, 6) is 2.68. The SMILES string of the molecule is c1ccc(-c2nc(-c3ccccc3)nc(-n3c4ccccc4c4cc(-c5ccc6c(c5)c5ccccc5n6-c5cccc(-c6ccc7c(c6)c6ncccc6n7-c6ccccc6)n5)ccc43)n2)cc1. The molecule has 0 atom stereocenters. The summed E-state index contributed by atoms with van der Waals surface area (Å²) >= 11 is 0. The Labute approximate surface area is 395 Å². The van der Waals surface area contributed by atoms with Crippen molar-refractivity contribution < 1.29 is 0 Å². The number of fused-ring (bicyclic) bond motifs is 9. The highest BCUT2D eigenvalue weighted by Crippen LogP contribution is 2.39. The molecule has 0 amide bonds. The molecule has 14 rings (SSSR count). The van der Waals surface area contributed by atoms with Crippen molar-refractivity contribution in [2.75, 3.05) is 0 Å². The first-order chi connectivity index (χ1) is 34.2. The van der Waals surface area contributed by atoms with E-state index in [0.717, 1.165) is 105 Å². The van der Waals surface area contributed by atoms with Gasteiger partial charge in [-0.15, -0.1) is 0 Å². The van der Waals surface area contributed by atoms with Crippen molar-refractivity contribution in [2.24, 2.45) is 0 Å². The average molecular weight is 883 g/mol. The molecule has 0 N–H and O–H groups in total. The fourth-order valence-electron chi connectivity index (χ4n) is 10.2. The van der Waals surface area contributed by atoms with E-state index in [4.69, 9.17) is 24.9 Å². The van der Waals surface area contributed by atoms with E-state index in [1.807, 2.05) is 79.0 Å². The molecule has 0 aliphatic carbocycles. The third kappa shape index (κ3) is 6.27. The minimum absolute atomic E-state index is 0.571. The van der Waals surface area contributed by atoms with Crippen molar-refractivity contribution in [1.29, 1.82) is 0 Å². The van der Waals surface area contributed by atoms with Gasteiger partial charge in [0, 0.05) is 55.5 Å². The van der Waals surface area contributed by atoms with Crippen LogP contribution in [0.2, 0.25) is 0 Å². The smallest absolute Gasteiger partial charge is 0.238 e. The molecule has 6 heterocycles. The first-order valence-corrected chi connectivity index (χ1v) is 23.1. The Balaban J connectivity index is 0.881. The molecule has 322 valence electrons. The predicted octanol–water partition coefficient (Wildman–Crippen LogP) is 14.6. The molecule has 0 fully saturated rings. The second-order valence-electron chi connectivity index (χ2n) is 17.3. The van der Waals surface area contributed by atoms with Gasteiger partial charge in [0.25, 0.3) is 0 Å². The quantitative estimate of drug-likeness (QED) is 0.159. The topological polar surface area (TPSA) is 79.2 Å². The molecule has 0 saturated carbocycles. The van der Waals surface area contributed by atoms with Gasteiger partial charge in [-0.05, 0) is 96.1 Å². The summed E-state index contributed by atoms with van der Waals surface area (Å²) in [6.07, 6.45) is 1.87. The highest BCUT2D eigenvalue weighted by molar-refractivity contribution is 6.13. The fraction of sp³-hybridized carbons (Fsp3) is 0. The summed E-state index contributed by atoms with van der Waals surface area (Å²) in [6.45, 7) is 0. The highest BCUT2D eigenvalue weighted by atomic mass is 15.2. The summed E-state index contributed by atoms with van der Waals surface area (Å²) in [4.78, 5) is 25.5. The van der Waals surface area contributed by atoms with Crippen molar-refractivity contribution in [1.82, 2.24) is 38.6 Å². The number of rotatable bonds is 7. The van der Waals surface area contributed by atoms with Gasteiger partial charge in [0.15, 0.2) is 11.6 Å². The summed E-state index contributed by atoms with van der Waals surface area (Å²) in [7, 11) is 0. The van der Waals surface area contributed by atoms with Crippen LogP contribution in [0.25, 0.3) is 128 Å². The van der Waals surface area contributed by atoms with E-state index >= 15 is 0 Å². The second-order valence-corrected chi connectivity index (χ2v) is 17.3. The van der Waals surface area contributed by atoms with Crippen LogP contribution in [-0.4, -0.2) is 38.6 Å². The molecule has 0 unspecified atom stereocenters. The van der Waals surface area contributed by atoms with Crippen LogP contribution in [0.15, 0.2) is 231 Å².